The molecule has 0 nitrogen and oxygen atoms in total. The molecule has 2 fully saturated rings. The minimum Gasteiger partial charge on any atom is -0.0851 e. The standard InChI is InChI=1S/C14H16.C13H14/c1-2-4-11(5-3-1)8-14-10-12-6-7-13(14)9-12;1-2-4-11(5-3-1)13-9-10-6-7-12(13)8-10/h1-7,12-14H,8-10H2;1-7,10,12-13H,8-9H2. The van der Waals surface area contributed by atoms with Gasteiger partial charge in [-0.1, -0.05) is 85.0 Å². The molecule has 0 heteroatoms. The van der Waals surface area contributed by atoms with Gasteiger partial charge in [0.25, 0.3) is 0 Å². The molecule has 138 valence electrons. The molecule has 2 aromatic carbocycles. The van der Waals surface area contributed by atoms with Crippen LogP contribution < -0.4 is 0 Å². The molecule has 6 unspecified atom stereocenters. The summed E-state index contributed by atoms with van der Waals surface area (Å²) in [4.78, 5) is 0. The highest BCUT2D eigenvalue weighted by Gasteiger charge is 2.36. The fourth-order valence-electron chi connectivity index (χ4n) is 5.91. The molecule has 0 aromatic heterocycles. The Hall–Kier alpha value is -2.08. The van der Waals surface area contributed by atoms with E-state index in [-0.39, 0.29) is 0 Å². The van der Waals surface area contributed by atoms with Crippen LogP contribution in [0.4, 0.5) is 0 Å². The molecule has 0 amide bonds. The van der Waals surface area contributed by atoms with Crippen LogP contribution in [-0.4, -0.2) is 0 Å². The van der Waals surface area contributed by atoms with Gasteiger partial charge in [0.05, 0.1) is 0 Å². The lowest BCUT2D eigenvalue weighted by Gasteiger charge is -2.17. The first-order valence-corrected chi connectivity index (χ1v) is 10.8. The summed E-state index contributed by atoms with van der Waals surface area (Å²) < 4.78 is 0. The second-order valence-electron chi connectivity index (χ2n) is 9.03. The number of hydrogen-bond acceptors (Lipinski definition) is 0. The SMILES string of the molecule is C1=CC2CC1CC2Cc1ccccc1.C1=CC2CC1CC2c1ccccc1. The summed E-state index contributed by atoms with van der Waals surface area (Å²) in [5, 5.41) is 0. The van der Waals surface area contributed by atoms with Crippen molar-refractivity contribution in [1.29, 1.82) is 0 Å². The maximum absolute atomic E-state index is 2.45. The number of allylic oxidation sites excluding steroid dienone is 4. The first kappa shape index (κ1) is 17.0. The predicted octanol–water partition coefficient (Wildman–Crippen LogP) is 6.81. The van der Waals surface area contributed by atoms with E-state index < -0.39 is 0 Å². The lowest BCUT2D eigenvalue weighted by atomic mass is 9.87. The average molecular weight is 355 g/mol. The zero-order chi connectivity index (χ0) is 18.1. The van der Waals surface area contributed by atoms with Crippen molar-refractivity contribution in [2.75, 3.05) is 0 Å². The number of fused-ring (bicyclic) bond motifs is 4. The first-order valence-electron chi connectivity index (χ1n) is 10.8. The van der Waals surface area contributed by atoms with Crippen LogP contribution in [0.1, 0.15) is 42.7 Å². The molecule has 0 aliphatic heterocycles. The Morgan fingerprint density at radius 1 is 0.593 bits per heavy atom. The van der Waals surface area contributed by atoms with Gasteiger partial charge in [0.2, 0.25) is 0 Å². The van der Waals surface area contributed by atoms with E-state index in [1.54, 1.807) is 5.56 Å². The van der Waals surface area contributed by atoms with Crippen LogP contribution in [0.3, 0.4) is 0 Å². The molecule has 2 aromatic rings. The van der Waals surface area contributed by atoms with Crippen LogP contribution in [0.25, 0.3) is 0 Å². The van der Waals surface area contributed by atoms with E-state index in [0.29, 0.717) is 0 Å². The minimum absolute atomic E-state index is 0.816. The van der Waals surface area contributed by atoms with E-state index in [9.17, 15) is 0 Å². The van der Waals surface area contributed by atoms with Crippen LogP contribution in [-0.2, 0) is 6.42 Å². The molecule has 4 bridgehead atoms. The molecular weight excluding hydrogens is 324 g/mol. The van der Waals surface area contributed by atoms with Crippen molar-refractivity contribution in [2.45, 2.75) is 38.0 Å². The summed E-state index contributed by atoms with van der Waals surface area (Å²) in [7, 11) is 0. The quantitative estimate of drug-likeness (QED) is 0.531. The fourth-order valence-corrected chi connectivity index (χ4v) is 5.91. The van der Waals surface area contributed by atoms with Crippen molar-refractivity contribution in [1.82, 2.24) is 0 Å². The number of rotatable bonds is 3. The molecule has 6 atom stereocenters. The third kappa shape index (κ3) is 3.68. The highest BCUT2D eigenvalue weighted by atomic mass is 14.4. The van der Waals surface area contributed by atoms with E-state index in [1.807, 2.05) is 0 Å². The van der Waals surface area contributed by atoms with Crippen LogP contribution in [0, 0.1) is 29.6 Å². The van der Waals surface area contributed by atoms with E-state index in [1.165, 1.54) is 37.7 Å². The average Bonchev–Trinajstić information content (AvgIpc) is 3.52. The van der Waals surface area contributed by atoms with Gasteiger partial charge in [-0.05, 0) is 78.7 Å². The van der Waals surface area contributed by atoms with Gasteiger partial charge in [-0.15, -0.1) is 0 Å². The molecule has 0 heterocycles. The van der Waals surface area contributed by atoms with E-state index in [0.717, 1.165) is 35.5 Å². The number of benzene rings is 2. The Kier molecular flexibility index (Phi) is 4.74. The molecular formula is C27H30. The van der Waals surface area contributed by atoms with E-state index in [2.05, 4.69) is 85.0 Å². The monoisotopic (exact) mass is 354 g/mol. The Balaban J connectivity index is 0.000000119. The Morgan fingerprint density at radius 2 is 1.22 bits per heavy atom. The summed E-state index contributed by atoms with van der Waals surface area (Å²) in [6, 6.07) is 21.9. The van der Waals surface area contributed by atoms with Gasteiger partial charge in [-0.3, -0.25) is 0 Å². The highest BCUT2D eigenvalue weighted by Crippen LogP contribution is 2.48. The van der Waals surface area contributed by atoms with Gasteiger partial charge in [-0.2, -0.15) is 0 Å². The Bertz CT molecular complexity index is 800. The minimum atomic E-state index is 0.816. The molecule has 0 radical (unpaired) electrons. The summed E-state index contributed by atoms with van der Waals surface area (Å²) in [6.45, 7) is 0. The normalized spacial score (nSPS) is 34.7. The fraction of sp³-hybridized carbons (Fsp3) is 0.407. The third-order valence-corrected chi connectivity index (χ3v) is 7.26. The molecule has 2 saturated carbocycles. The van der Waals surface area contributed by atoms with Gasteiger partial charge in [0.1, 0.15) is 0 Å². The summed E-state index contributed by atoms with van der Waals surface area (Å²) in [6.07, 6.45) is 16.6. The maximum Gasteiger partial charge on any atom is -0.00932 e. The Morgan fingerprint density at radius 3 is 1.78 bits per heavy atom. The smallest absolute Gasteiger partial charge is 0.00932 e. The van der Waals surface area contributed by atoms with Crippen LogP contribution in [0.2, 0.25) is 0 Å². The molecule has 27 heavy (non-hydrogen) atoms. The summed E-state index contributed by atoms with van der Waals surface area (Å²) in [5.74, 6) is 5.26. The van der Waals surface area contributed by atoms with E-state index >= 15 is 0 Å². The summed E-state index contributed by atoms with van der Waals surface area (Å²) >= 11 is 0. The molecule has 0 saturated heterocycles. The van der Waals surface area contributed by atoms with Crippen molar-refractivity contribution < 1.29 is 0 Å². The van der Waals surface area contributed by atoms with Gasteiger partial charge in [0, 0.05) is 0 Å². The maximum atomic E-state index is 2.45. The highest BCUT2D eigenvalue weighted by molar-refractivity contribution is 5.27. The van der Waals surface area contributed by atoms with Crippen molar-refractivity contribution in [3.63, 3.8) is 0 Å². The van der Waals surface area contributed by atoms with Crippen molar-refractivity contribution >= 4 is 0 Å². The van der Waals surface area contributed by atoms with E-state index in [4.69, 9.17) is 0 Å². The van der Waals surface area contributed by atoms with Gasteiger partial charge in [0.15, 0.2) is 0 Å². The second-order valence-corrected chi connectivity index (χ2v) is 9.03. The van der Waals surface area contributed by atoms with Crippen LogP contribution in [0.15, 0.2) is 85.0 Å². The first-order chi connectivity index (χ1) is 13.3. The zero-order valence-electron chi connectivity index (χ0n) is 16.1. The second kappa shape index (κ2) is 7.50. The van der Waals surface area contributed by atoms with Gasteiger partial charge < -0.3 is 0 Å². The predicted molar refractivity (Wildman–Crippen MR) is 114 cm³/mol. The lowest BCUT2D eigenvalue weighted by molar-refractivity contribution is 0.446. The zero-order valence-corrected chi connectivity index (χ0v) is 16.1. The molecule has 4 aliphatic carbocycles. The van der Waals surface area contributed by atoms with Crippen LogP contribution in [0.5, 0.6) is 0 Å². The van der Waals surface area contributed by atoms with Crippen molar-refractivity contribution in [3.05, 3.63) is 96.1 Å². The molecule has 0 spiro atoms. The Labute approximate surface area is 164 Å². The van der Waals surface area contributed by atoms with Crippen molar-refractivity contribution in [3.8, 4) is 0 Å². The topological polar surface area (TPSA) is 0 Å². The van der Waals surface area contributed by atoms with Gasteiger partial charge >= 0.3 is 0 Å². The van der Waals surface area contributed by atoms with Crippen molar-refractivity contribution in [2.24, 2.45) is 29.6 Å². The van der Waals surface area contributed by atoms with Gasteiger partial charge in [-0.25, -0.2) is 0 Å². The summed E-state index contributed by atoms with van der Waals surface area (Å²) in [5.41, 5.74) is 3.05. The largest absolute Gasteiger partial charge is 0.0851 e. The van der Waals surface area contributed by atoms with Crippen LogP contribution >= 0.6 is 0 Å². The molecule has 6 rings (SSSR count). The lowest BCUT2D eigenvalue weighted by Crippen LogP contribution is -2.09. The third-order valence-electron chi connectivity index (χ3n) is 7.26. The molecule has 0 N–H and O–H groups in total. The molecule has 4 aliphatic rings. The number of hydrogen-bond donors (Lipinski definition) is 0.